The molecule has 0 saturated carbocycles. The summed E-state index contributed by atoms with van der Waals surface area (Å²) >= 11 is 0. The summed E-state index contributed by atoms with van der Waals surface area (Å²) in [6.45, 7) is 3.52. The standard InChI is InChI=1S/C19H17F3N2O2/c1-11(13-6-8-14(9-7-13)19(20,21)22)10-17(25)24-15-4-3-5-16-18(15)23-12(2)26-16/h3-9,11H,10H2,1-2H3,(H,24,25). The monoisotopic (exact) mass is 362 g/mol. The Morgan fingerprint density at radius 1 is 1.19 bits per heavy atom. The number of amides is 1. The Labute approximate surface area is 148 Å². The van der Waals surface area contributed by atoms with Crippen molar-refractivity contribution in [1.29, 1.82) is 0 Å². The molecule has 136 valence electrons. The zero-order chi connectivity index (χ0) is 18.9. The molecule has 1 aromatic heterocycles. The highest BCUT2D eigenvalue weighted by Crippen LogP contribution is 2.31. The highest BCUT2D eigenvalue weighted by Gasteiger charge is 2.30. The Morgan fingerprint density at radius 3 is 2.54 bits per heavy atom. The molecule has 1 atom stereocenters. The van der Waals surface area contributed by atoms with E-state index in [1.807, 2.05) is 0 Å². The molecule has 0 aliphatic heterocycles. The molecule has 0 radical (unpaired) electrons. The van der Waals surface area contributed by atoms with E-state index in [1.165, 1.54) is 12.1 Å². The van der Waals surface area contributed by atoms with E-state index in [0.29, 0.717) is 28.2 Å². The van der Waals surface area contributed by atoms with Gasteiger partial charge < -0.3 is 9.73 Å². The average molecular weight is 362 g/mol. The van der Waals surface area contributed by atoms with Gasteiger partial charge in [0.15, 0.2) is 11.5 Å². The molecule has 26 heavy (non-hydrogen) atoms. The van der Waals surface area contributed by atoms with Crippen molar-refractivity contribution >= 4 is 22.7 Å². The van der Waals surface area contributed by atoms with Crippen molar-refractivity contribution in [2.45, 2.75) is 32.4 Å². The molecule has 1 unspecified atom stereocenters. The van der Waals surface area contributed by atoms with E-state index in [1.54, 1.807) is 32.0 Å². The number of benzene rings is 2. The SMILES string of the molecule is Cc1nc2c(NC(=O)CC(C)c3ccc(C(F)(F)F)cc3)cccc2o1. The number of oxazole rings is 1. The molecule has 4 nitrogen and oxygen atoms in total. The van der Waals surface area contributed by atoms with Crippen LogP contribution >= 0.6 is 0 Å². The van der Waals surface area contributed by atoms with Crippen LogP contribution in [-0.2, 0) is 11.0 Å². The van der Waals surface area contributed by atoms with Crippen molar-refractivity contribution in [3.63, 3.8) is 0 Å². The quantitative estimate of drug-likeness (QED) is 0.686. The summed E-state index contributed by atoms with van der Waals surface area (Å²) in [5.74, 6) is 0.0286. The van der Waals surface area contributed by atoms with E-state index >= 15 is 0 Å². The Hall–Kier alpha value is -2.83. The number of fused-ring (bicyclic) bond motifs is 1. The first-order valence-electron chi connectivity index (χ1n) is 8.07. The summed E-state index contributed by atoms with van der Waals surface area (Å²) in [5, 5.41) is 2.79. The van der Waals surface area contributed by atoms with Gasteiger partial charge in [-0.2, -0.15) is 13.2 Å². The molecule has 3 aromatic rings. The number of aromatic nitrogens is 1. The van der Waals surface area contributed by atoms with Crippen molar-refractivity contribution < 1.29 is 22.4 Å². The van der Waals surface area contributed by atoms with E-state index in [4.69, 9.17) is 4.42 Å². The Bertz CT molecular complexity index is 930. The van der Waals surface area contributed by atoms with Crippen molar-refractivity contribution in [3.8, 4) is 0 Å². The minimum absolute atomic E-state index is 0.137. The minimum Gasteiger partial charge on any atom is -0.441 e. The Morgan fingerprint density at radius 2 is 1.88 bits per heavy atom. The maximum atomic E-state index is 12.6. The molecule has 0 aliphatic rings. The van der Waals surface area contributed by atoms with E-state index < -0.39 is 11.7 Å². The van der Waals surface area contributed by atoms with Crippen LogP contribution in [0.4, 0.5) is 18.9 Å². The fourth-order valence-corrected chi connectivity index (χ4v) is 2.76. The van der Waals surface area contributed by atoms with Crippen LogP contribution in [0.5, 0.6) is 0 Å². The van der Waals surface area contributed by atoms with Crippen molar-refractivity contribution in [2.24, 2.45) is 0 Å². The second-order valence-electron chi connectivity index (χ2n) is 6.16. The van der Waals surface area contributed by atoms with Crippen LogP contribution in [0, 0.1) is 6.92 Å². The number of para-hydroxylation sites is 1. The third kappa shape index (κ3) is 3.87. The van der Waals surface area contributed by atoms with Gasteiger partial charge in [0, 0.05) is 13.3 Å². The Kier molecular flexibility index (Phi) is 4.71. The number of alkyl halides is 3. The summed E-state index contributed by atoms with van der Waals surface area (Å²) in [6, 6.07) is 10.1. The van der Waals surface area contributed by atoms with Crippen LogP contribution in [0.2, 0.25) is 0 Å². The third-order valence-electron chi connectivity index (χ3n) is 4.10. The number of carbonyl (C=O) groups is 1. The number of halogens is 3. The number of nitrogens with zero attached hydrogens (tertiary/aromatic N) is 1. The molecule has 0 spiro atoms. The average Bonchev–Trinajstić information content (AvgIpc) is 2.95. The van der Waals surface area contributed by atoms with Crippen molar-refractivity contribution in [1.82, 2.24) is 4.98 Å². The second-order valence-corrected chi connectivity index (χ2v) is 6.16. The van der Waals surface area contributed by atoms with Crippen LogP contribution in [0.25, 0.3) is 11.1 Å². The first kappa shape index (κ1) is 18.0. The van der Waals surface area contributed by atoms with E-state index in [0.717, 1.165) is 12.1 Å². The van der Waals surface area contributed by atoms with Gasteiger partial charge in [-0.15, -0.1) is 0 Å². The highest BCUT2D eigenvalue weighted by molar-refractivity contribution is 5.99. The topological polar surface area (TPSA) is 55.1 Å². The second kappa shape index (κ2) is 6.82. The van der Waals surface area contributed by atoms with Gasteiger partial charge in [0.05, 0.1) is 11.3 Å². The van der Waals surface area contributed by atoms with Crippen molar-refractivity contribution in [2.75, 3.05) is 5.32 Å². The smallest absolute Gasteiger partial charge is 0.416 e. The van der Waals surface area contributed by atoms with E-state index in [9.17, 15) is 18.0 Å². The molecule has 0 fully saturated rings. The maximum Gasteiger partial charge on any atom is 0.416 e. The molecule has 0 aliphatic carbocycles. The zero-order valence-corrected chi connectivity index (χ0v) is 14.2. The molecule has 3 rings (SSSR count). The summed E-state index contributed by atoms with van der Waals surface area (Å²) in [7, 11) is 0. The predicted octanol–water partition coefficient (Wildman–Crippen LogP) is 5.29. The van der Waals surface area contributed by atoms with Crippen LogP contribution in [0.1, 0.15) is 36.3 Å². The highest BCUT2D eigenvalue weighted by atomic mass is 19.4. The molecule has 1 N–H and O–H groups in total. The lowest BCUT2D eigenvalue weighted by molar-refractivity contribution is -0.137. The molecule has 0 saturated heterocycles. The van der Waals surface area contributed by atoms with Gasteiger partial charge in [-0.25, -0.2) is 4.98 Å². The normalized spacial score (nSPS) is 13.0. The molecule has 7 heteroatoms. The number of aryl methyl sites for hydroxylation is 1. The first-order chi connectivity index (χ1) is 12.2. The lowest BCUT2D eigenvalue weighted by Gasteiger charge is -2.14. The summed E-state index contributed by atoms with van der Waals surface area (Å²) in [4.78, 5) is 16.6. The summed E-state index contributed by atoms with van der Waals surface area (Å²) < 4.78 is 43.3. The molecular weight excluding hydrogens is 345 g/mol. The van der Waals surface area contributed by atoms with Gasteiger partial charge >= 0.3 is 6.18 Å². The fourth-order valence-electron chi connectivity index (χ4n) is 2.76. The summed E-state index contributed by atoms with van der Waals surface area (Å²) in [6.07, 6.45) is -4.23. The number of hydrogen-bond acceptors (Lipinski definition) is 3. The van der Waals surface area contributed by atoms with Crippen LogP contribution in [0.15, 0.2) is 46.9 Å². The van der Waals surface area contributed by atoms with Gasteiger partial charge in [-0.3, -0.25) is 4.79 Å². The molecular formula is C19H17F3N2O2. The molecule has 1 amide bonds. The number of carbonyl (C=O) groups excluding carboxylic acids is 1. The van der Waals surface area contributed by atoms with E-state index in [2.05, 4.69) is 10.3 Å². The summed E-state index contributed by atoms with van der Waals surface area (Å²) in [5.41, 5.74) is 1.66. The number of anilines is 1. The largest absolute Gasteiger partial charge is 0.441 e. The van der Waals surface area contributed by atoms with E-state index in [-0.39, 0.29) is 18.2 Å². The van der Waals surface area contributed by atoms with Gasteiger partial charge in [0.25, 0.3) is 0 Å². The number of nitrogens with one attached hydrogen (secondary N) is 1. The zero-order valence-electron chi connectivity index (χ0n) is 14.2. The lowest BCUT2D eigenvalue weighted by Crippen LogP contribution is -2.15. The number of hydrogen-bond donors (Lipinski definition) is 1. The van der Waals surface area contributed by atoms with Gasteiger partial charge in [-0.1, -0.05) is 25.1 Å². The molecule has 2 aromatic carbocycles. The maximum absolute atomic E-state index is 12.6. The van der Waals surface area contributed by atoms with Crippen molar-refractivity contribution in [3.05, 3.63) is 59.5 Å². The van der Waals surface area contributed by atoms with Crippen LogP contribution in [0.3, 0.4) is 0 Å². The Balaban J connectivity index is 1.69. The molecule has 0 bridgehead atoms. The first-order valence-corrected chi connectivity index (χ1v) is 8.07. The predicted molar refractivity (Wildman–Crippen MR) is 91.9 cm³/mol. The van der Waals surface area contributed by atoms with Crippen LogP contribution < -0.4 is 5.32 Å². The van der Waals surface area contributed by atoms with Gasteiger partial charge in [-0.05, 0) is 35.7 Å². The molecule has 1 heterocycles. The lowest BCUT2D eigenvalue weighted by atomic mass is 9.96. The van der Waals surface area contributed by atoms with Gasteiger partial charge in [0.2, 0.25) is 5.91 Å². The number of rotatable bonds is 4. The minimum atomic E-state index is -4.37. The third-order valence-corrected chi connectivity index (χ3v) is 4.10. The fraction of sp³-hybridized carbons (Fsp3) is 0.263. The van der Waals surface area contributed by atoms with Gasteiger partial charge in [0.1, 0.15) is 5.52 Å². The van der Waals surface area contributed by atoms with Crippen LogP contribution in [-0.4, -0.2) is 10.9 Å².